The van der Waals surface area contributed by atoms with Crippen molar-refractivity contribution in [3.05, 3.63) is 0 Å². The van der Waals surface area contributed by atoms with E-state index < -0.39 is 0 Å². The topological polar surface area (TPSA) is 56.5 Å². The molecule has 5 heteroatoms. The third kappa shape index (κ3) is 3.35. The Balaban J connectivity index is 1.90. The monoisotopic (exact) mass is 260 g/mol. The van der Waals surface area contributed by atoms with Gasteiger partial charge in [-0.2, -0.15) is 11.8 Å². The second-order valence-electron chi connectivity index (χ2n) is 5.14. The Morgan fingerprint density at radius 3 is 3.06 bits per heavy atom. The Hall–Kier alpha value is 0.190. The van der Waals surface area contributed by atoms with Gasteiger partial charge in [0.1, 0.15) is 0 Å². The second kappa shape index (κ2) is 6.38. The van der Waals surface area contributed by atoms with Crippen LogP contribution in [0.5, 0.6) is 0 Å². The maximum atomic E-state index is 5.96. The van der Waals surface area contributed by atoms with Crippen LogP contribution in [0.4, 0.5) is 0 Å². The number of thioether (sulfide) groups is 1. The molecule has 3 N–H and O–H groups in total. The Kier molecular flexibility index (Phi) is 5.11. The minimum absolute atomic E-state index is 0.00260. The van der Waals surface area contributed by atoms with Crippen molar-refractivity contribution < 1.29 is 9.47 Å². The van der Waals surface area contributed by atoms with Gasteiger partial charge < -0.3 is 9.47 Å². The first-order valence-electron chi connectivity index (χ1n) is 6.46. The van der Waals surface area contributed by atoms with Crippen molar-refractivity contribution in [3.63, 3.8) is 0 Å². The fourth-order valence-corrected chi connectivity index (χ4v) is 3.46. The first-order valence-corrected chi connectivity index (χ1v) is 7.86. The molecule has 3 unspecified atom stereocenters. The predicted molar refractivity (Wildman–Crippen MR) is 71.0 cm³/mol. The lowest BCUT2D eigenvalue weighted by molar-refractivity contribution is -0.103. The summed E-state index contributed by atoms with van der Waals surface area (Å²) >= 11 is 1.88. The van der Waals surface area contributed by atoms with E-state index in [4.69, 9.17) is 15.3 Å². The molecular formula is C12H24N2O2S. The number of hydrazine groups is 1. The normalized spacial score (nSPS) is 35.3. The van der Waals surface area contributed by atoms with E-state index >= 15 is 0 Å². The molecule has 0 aromatic heterocycles. The molecule has 4 nitrogen and oxygen atoms in total. The van der Waals surface area contributed by atoms with Gasteiger partial charge in [0.05, 0.1) is 12.2 Å². The zero-order chi connectivity index (χ0) is 12.1. The molecule has 17 heavy (non-hydrogen) atoms. The van der Waals surface area contributed by atoms with Gasteiger partial charge in [-0.25, -0.2) is 0 Å². The van der Waals surface area contributed by atoms with E-state index in [9.17, 15) is 0 Å². The molecule has 2 saturated heterocycles. The predicted octanol–water partition coefficient (Wildman–Crippen LogP) is 1.16. The van der Waals surface area contributed by atoms with Gasteiger partial charge in [-0.05, 0) is 37.2 Å². The van der Waals surface area contributed by atoms with Crippen molar-refractivity contribution >= 4 is 11.8 Å². The summed E-state index contributed by atoms with van der Waals surface area (Å²) in [6.07, 6.45) is 6.54. The van der Waals surface area contributed by atoms with Crippen LogP contribution in [-0.4, -0.2) is 43.5 Å². The van der Waals surface area contributed by atoms with E-state index in [2.05, 4.69) is 11.7 Å². The zero-order valence-electron chi connectivity index (χ0n) is 10.6. The largest absolute Gasteiger partial charge is 0.378 e. The van der Waals surface area contributed by atoms with Crippen LogP contribution in [0.3, 0.4) is 0 Å². The van der Waals surface area contributed by atoms with Crippen molar-refractivity contribution in [3.8, 4) is 0 Å². The molecule has 0 amide bonds. The van der Waals surface area contributed by atoms with Crippen LogP contribution in [0.25, 0.3) is 0 Å². The van der Waals surface area contributed by atoms with Gasteiger partial charge in [0.25, 0.3) is 0 Å². The highest BCUT2D eigenvalue weighted by Crippen LogP contribution is 2.37. The molecule has 2 heterocycles. The zero-order valence-corrected chi connectivity index (χ0v) is 11.4. The van der Waals surface area contributed by atoms with Gasteiger partial charge in [0.15, 0.2) is 0 Å². The Labute approximate surface area is 108 Å². The molecule has 1 spiro atoms. The molecule has 0 radical (unpaired) electrons. The number of ether oxygens (including phenoxy) is 2. The fraction of sp³-hybridized carbons (Fsp3) is 1.00. The minimum atomic E-state index is -0.00260. The van der Waals surface area contributed by atoms with Gasteiger partial charge in [0, 0.05) is 25.7 Å². The highest BCUT2D eigenvalue weighted by molar-refractivity contribution is 7.98. The van der Waals surface area contributed by atoms with Crippen LogP contribution in [0.2, 0.25) is 0 Å². The average Bonchev–Trinajstić information content (AvgIpc) is 2.78. The second-order valence-corrected chi connectivity index (χ2v) is 6.13. The number of hydrogen-bond acceptors (Lipinski definition) is 5. The standard InChI is InChI=1S/C12H24N2O2S/c1-17-7-3-11(14-13)10-2-5-16-12(8-10)4-6-15-9-12/h10-11,14H,2-9,13H2,1H3. The molecule has 0 aliphatic carbocycles. The van der Waals surface area contributed by atoms with E-state index in [-0.39, 0.29) is 5.60 Å². The average molecular weight is 260 g/mol. The minimum Gasteiger partial charge on any atom is -0.378 e. The van der Waals surface area contributed by atoms with Crippen molar-refractivity contribution in [1.82, 2.24) is 5.43 Å². The summed E-state index contributed by atoms with van der Waals surface area (Å²) in [7, 11) is 0. The molecule has 0 aromatic carbocycles. The Morgan fingerprint density at radius 1 is 1.53 bits per heavy atom. The maximum Gasteiger partial charge on any atom is 0.0939 e. The third-order valence-corrected chi connectivity index (χ3v) is 4.66. The van der Waals surface area contributed by atoms with Crippen LogP contribution in [0.1, 0.15) is 25.7 Å². The van der Waals surface area contributed by atoms with Gasteiger partial charge in [0.2, 0.25) is 0 Å². The van der Waals surface area contributed by atoms with Gasteiger partial charge in [-0.1, -0.05) is 0 Å². The fourth-order valence-electron chi connectivity index (χ4n) is 2.97. The number of rotatable bonds is 5. The van der Waals surface area contributed by atoms with Gasteiger partial charge in [-0.15, -0.1) is 0 Å². The van der Waals surface area contributed by atoms with Crippen LogP contribution < -0.4 is 11.3 Å². The SMILES string of the molecule is CSCCC(NN)C1CCOC2(CCOC2)C1. The lowest BCUT2D eigenvalue weighted by Crippen LogP contribution is -2.49. The first-order chi connectivity index (χ1) is 8.29. The lowest BCUT2D eigenvalue weighted by Gasteiger charge is -2.40. The van der Waals surface area contributed by atoms with E-state index in [1.165, 1.54) is 0 Å². The Bertz CT molecular complexity index is 235. The summed E-state index contributed by atoms with van der Waals surface area (Å²) in [5.74, 6) is 7.49. The molecule has 2 aliphatic rings. The van der Waals surface area contributed by atoms with Crippen LogP contribution in [-0.2, 0) is 9.47 Å². The number of nitrogens with one attached hydrogen (secondary N) is 1. The van der Waals surface area contributed by atoms with Crippen molar-refractivity contribution in [2.45, 2.75) is 37.3 Å². The molecular weight excluding hydrogens is 236 g/mol. The molecule has 100 valence electrons. The summed E-state index contributed by atoms with van der Waals surface area (Å²) in [4.78, 5) is 0. The summed E-state index contributed by atoms with van der Waals surface area (Å²) in [5.41, 5.74) is 3.00. The molecule has 0 saturated carbocycles. The molecule has 2 aliphatic heterocycles. The summed E-state index contributed by atoms with van der Waals surface area (Å²) in [6.45, 7) is 2.47. The molecule has 2 rings (SSSR count). The van der Waals surface area contributed by atoms with Gasteiger partial charge in [-0.3, -0.25) is 11.3 Å². The number of nitrogens with two attached hydrogens (primary N) is 1. The Morgan fingerprint density at radius 2 is 2.41 bits per heavy atom. The lowest BCUT2D eigenvalue weighted by atomic mass is 9.80. The molecule has 3 atom stereocenters. The first kappa shape index (κ1) is 13.6. The molecule has 0 aromatic rings. The van der Waals surface area contributed by atoms with Crippen LogP contribution >= 0.6 is 11.8 Å². The van der Waals surface area contributed by atoms with Crippen molar-refractivity contribution in [1.29, 1.82) is 0 Å². The van der Waals surface area contributed by atoms with E-state index in [1.54, 1.807) is 0 Å². The van der Waals surface area contributed by atoms with E-state index in [0.717, 1.165) is 51.3 Å². The van der Waals surface area contributed by atoms with Crippen LogP contribution in [0, 0.1) is 5.92 Å². The molecule has 2 fully saturated rings. The smallest absolute Gasteiger partial charge is 0.0939 e. The molecule has 0 bridgehead atoms. The van der Waals surface area contributed by atoms with Crippen molar-refractivity contribution in [2.75, 3.05) is 31.8 Å². The summed E-state index contributed by atoms with van der Waals surface area (Å²) < 4.78 is 11.5. The highest BCUT2D eigenvalue weighted by atomic mass is 32.2. The maximum absolute atomic E-state index is 5.96. The quantitative estimate of drug-likeness (QED) is 0.574. The van der Waals surface area contributed by atoms with Crippen LogP contribution in [0.15, 0.2) is 0 Å². The summed E-state index contributed by atoms with van der Waals surface area (Å²) in [5, 5.41) is 0. The van der Waals surface area contributed by atoms with E-state index in [1.807, 2.05) is 11.8 Å². The number of hydrogen-bond donors (Lipinski definition) is 2. The van der Waals surface area contributed by atoms with Gasteiger partial charge >= 0.3 is 0 Å². The van der Waals surface area contributed by atoms with Crippen molar-refractivity contribution in [2.24, 2.45) is 11.8 Å². The highest BCUT2D eigenvalue weighted by Gasteiger charge is 2.42. The third-order valence-electron chi connectivity index (χ3n) is 4.01. The summed E-state index contributed by atoms with van der Waals surface area (Å²) in [6, 6.07) is 0.420. The van der Waals surface area contributed by atoms with E-state index in [0.29, 0.717) is 12.0 Å².